The Hall–Kier alpha value is -3.48. The van der Waals surface area contributed by atoms with E-state index in [9.17, 15) is 10.2 Å². The van der Waals surface area contributed by atoms with E-state index >= 15 is 0 Å². The van der Waals surface area contributed by atoms with Crippen molar-refractivity contribution in [3.63, 3.8) is 0 Å². The number of anilines is 4. The van der Waals surface area contributed by atoms with E-state index in [-0.39, 0.29) is 11.3 Å². The fourth-order valence-electron chi connectivity index (χ4n) is 8.87. The van der Waals surface area contributed by atoms with Crippen LogP contribution in [0.15, 0.2) is 60.7 Å². The van der Waals surface area contributed by atoms with Crippen molar-refractivity contribution in [2.24, 2.45) is 0 Å². The molecule has 9 rings (SSSR count). The van der Waals surface area contributed by atoms with Gasteiger partial charge in [-0.1, -0.05) is 36.4 Å². The van der Waals surface area contributed by atoms with Crippen LogP contribution in [0.3, 0.4) is 0 Å². The quantitative estimate of drug-likeness (QED) is 0.387. The van der Waals surface area contributed by atoms with Crippen LogP contribution in [0.5, 0.6) is 0 Å². The number of fused-ring (bicyclic) bond motifs is 4. The van der Waals surface area contributed by atoms with Crippen LogP contribution in [0.4, 0.5) is 22.7 Å². The third-order valence-electron chi connectivity index (χ3n) is 10.8. The lowest BCUT2D eigenvalue weighted by atomic mass is 9.63. The van der Waals surface area contributed by atoms with E-state index in [1.165, 1.54) is 22.1 Å². The van der Waals surface area contributed by atoms with E-state index in [4.69, 9.17) is 0 Å². The Labute approximate surface area is 234 Å². The van der Waals surface area contributed by atoms with Gasteiger partial charge in [-0.15, -0.1) is 12.2 Å². The summed E-state index contributed by atoms with van der Waals surface area (Å²) in [5, 5.41) is 40.1. The molecule has 6 nitrogen and oxygen atoms in total. The van der Waals surface area contributed by atoms with Gasteiger partial charge >= 0.3 is 0 Å². The predicted molar refractivity (Wildman–Crippen MR) is 158 cm³/mol. The molecule has 6 heteroatoms. The third kappa shape index (κ3) is 2.86. The summed E-state index contributed by atoms with van der Waals surface area (Å²) in [4.78, 5) is 4.95. The number of nitrogens with zero attached hydrogens (tertiary/aromatic N) is 2. The number of hydrogen-bond acceptors (Lipinski definition) is 6. The SMILES string of the molecule is CC12CCCN1c1cccc3cc(C4C([O-])C(c5cc6c7c(cccc7c5)N5CCCC5(C)N6)C4[O-])cc(c13)N2. The average molecular weight is 531 g/mol. The highest BCUT2D eigenvalue weighted by atomic mass is 16.3. The first-order valence-corrected chi connectivity index (χ1v) is 14.9. The van der Waals surface area contributed by atoms with Crippen molar-refractivity contribution in [3.8, 4) is 0 Å². The number of benzene rings is 4. The lowest BCUT2D eigenvalue weighted by Crippen LogP contribution is -2.63. The number of hydrogen-bond donors (Lipinski definition) is 2. The van der Waals surface area contributed by atoms with Gasteiger partial charge in [0.05, 0.1) is 0 Å². The van der Waals surface area contributed by atoms with Crippen molar-refractivity contribution in [3.05, 3.63) is 71.8 Å². The summed E-state index contributed by atoms with van der Waals surface area (Å²) in [5.41, 5.74) is 6.16. The molecule has 1 saturated carbocycles. The molecule has 204 valence electrons. The lowest BCUT2D eigenvalue weighted by Gasteiger charge is -2.62. The molecule has 0 radical (unpaired) electrons. The number of rotatable bonds is 2. The van der Waals surface area contributed by atoms with Crippen molar-refractivity contribution in [2.45, 2.75) is 74.9 Å². The maximum Gasteiger partial charge on any atom is 0.107 e. The van der Waals surface area contributed by atoms with E-state index in [0.29, 0.717) is 0 Å². The Kier molecular flexibility index (Phi) is 4.43. The lowest BCUT2D eigenvalue weighted by molar-refractivity contribution is -0.536. The van der Waals surface area contributed by atoms with Crippen LogP contribution in [-0.2, 0) is 0 Å². The van der Waals surface area contributed by atoms with Gasteiger partial charge in [-0.05, 0) is 97.5 Å². The molecular formula is C34H34N4O2-2. The molecule has 2 saturated heterocycles. The summed E-state index contributed by atoms with van der Waals surface area (Å²) in [6.07, 6.45) is 2.52. The van der Waals surface area contributed by atoms with Gasteiger partial charge in [-0.25, -0.2) is 0 Å². The molecule has 5 aliphatic rings. The molecule has 4 heterocycles. The van der Waals surface area contributed by atoms with Crippen LogP contribution in [0.1, 0.15) is 62.5 Å². The van der Waals surface area contributed by atoms with Gasteiger partial charge in [0.2, 0.25) is 0 Å². The minimum atomic E-state index is -0.965. The zero-order valence-corrected chi connectivity index (χ0v) is 23.0. The maximum atomic E-state index is 13.9. The van der Waals surface area contributed by atoms with Gasteiger partial charge in [0, 0.05) is 46.6 Å². The molecule has 2 N–H and O–H groups in total. The van der Waals surface area contributed by atoms with Gasteiger partial charge < -0.3 is 30.6 Å². The molecule has 4 aromatic rings. The monoisotopic (exact) mass is 530 g/mol. The molecule has 0 aromatic heterocycles. The van der Waals surface area contributed by atoms with Gasteiger partial charge in [-0.2, -0.15) is 0 Å². The summed E-state index contributed by atoms with van der Waals surface area (Å²) < 4.78 is 0. The Balaban J connectivity index is 1.10. The Morgan fingerprint density at radius 3 is 1.57 bits per heavy atom. The second-order valence-corrected chi connectivity index (χ2v) is 13.2. The van der Waals surface area contributed by atoms with Crippen LogP contribution >= 0.6 is 0 Å². The molecule has 40 heavy (non-hydrogen) atoms. The van der Waals surface area contributed by atoms with E-state index < -0.39 is 24.0 Å². The molecule has 0 bridgehead atoms. The van der Waals surface area contributed by atoms with Crippen molar-refractivity contribution < 1.29 is 10.2 Å². The number of nitrogens with one attached hydrogen (secondary N) is 2. The first-order valence-electron chi connectivity index (χ1n) is 14.9. The second-order valence-electron chi connectivity index (χ2n) is 13.2. The third-order valence-corrected chi connectivity index (χ3v) is 10.8. The smallest absolute Gasteiger partial charge is 0.107 e. The van der Waals surface area contributed by atoms with E-state index in [1.807, 2.05) is 0 Å². The largest absolute Gasteiger partial charge is 0.851 e. The fourth-order valence-corrected chi connectivity index (χ4v) is 8.87. The van der Waals surface area contributed by atoms with Crippen LogP contribution in [0.25, 0.3) is 21.5 Å². The summed E-state index contributed by atoms with van der Waals surface area (Å²) in [7, 11) is 0. The summed E-state index contributed by atoms with van der Waals surface area (Å²) in [6, 6.07) is 21.3. The van der Waals surface area contributed by atoms with Gasteiger partial charge in [0.15, 0.2) is 0 Å². The van der Waals surface area contributed by atoms with Gasteiger partial charge in [0.25, 0.3) is 0 Å². The highest BCUT2D eigenvalue weighted by Crippen LogP contribution is 2.53. The van der Waals surface area contributed by atoms with Crippen LogP contribution in [-0.4, -0.2) is 36.6 Å². The first kappa shape index (κ1) is 23.2. The van der Waals surface area contributed by atoms with Crippen molar-refractivity contribution in [2.75, 3.05) is 33.5 Å². The zero-order valence-electron chi connectivity index (χ0n) is 23.0. The molecular weight excluding hydrogens is 496 g/mol. The first-order chi connectivity index (χ1) is 19.3. The Morgan fingerprint density at radius 1 is 0.675 bits per heavy atom. The summed E-state index contributed by atoms with van der Waals surface area (Å²) in [6.45, 7) is 6.61. The predicted octanol–water partition coefficient (Wildman–Crippen LogP) is 4.82. The fraction of sp³-hybridized carbons (Fsp3) is 0.412. The Bertz CT molecular complexity index is 1600. The van der Waals surface area contributed by atoms with Crippen molar-refractivity contribution >= 4 is 44.3 Å². The second kappa shape index (κ2) is 7.62. The van der Waals surface area contributed by atoms with E-state index in [1.54, 1.807) is 0 Å². The standard InChI is InChI=1S/C34H34N4O2/c1-33-11-5-13-37(33)25-9-3-7-19-15-21(17-23(35-33)27(19)25)29-31(39)30(32(29)40)22-16-20-8-4-10-26-28(20)24(18-22)36-34(2)12-6-14-38(26)34/h3-4,7-10,15-18,29-32,35-36H,5-6,11-14H2,1-2H3/q-2. The molecule has 0 spiro atoms. The van der Waals surface area contributed by atoms with Crippen molar-refractivity contribution in [1.82, 2.24) is 0 Å². The van der Waals surface area contributed by atoms with Crippen LogP contribution in [0.2, 0.25) is 0 Å². The highest BCUT2D eigenvalue weighted by Gasteiger charge is 2.44. The minimum absolute atomic E-state index is 0.125. The average Bonchev–Trinajstić information content (AvgIpc) is 3.51. The molecule has 4 aliphatic heterocycles. The molecule has 1 aliphatic carbocycles. The van der Waals surface area contributed by atoms with Gasteiger partial charge in [0.1, 0.15) is 11.3 Å². The Morgan fingerprint density at radius 2 is 1.12 bits per heavy atom. The highest BCUT2D eigenvalue weighted by molar-refractivity contribution is 6.07. The summed E-state index contributed by atoms with van der Waals surface area (Å²) >= 11 is 0. The van der Waals surface area contributed by atoms with Crippen LogP contribution in [0, 0.1) is 0 Å². The molecule has 2 unspecified atom stereocenters. The normalized spacial score (nSPS) is 33.4. The van der Waals surface area contributed by atoms with E-state index in [2.05, 4.69) is 94.9 Å². The van der Waals surface area contributed by atoms with E-state index in [0.717, 1.165) is 72.0 Å². The molecule has 2 atom stereocenters. The molecule has 0 amide bonds. The zero-order chi connectivity index (χ0) is 27.0. The molecule has 3 fully saturated rings. The minimum Gasteiger partial charge on any atom is -0.851 e. The van der Waals surface area contributed by atoms with Gasteiger partial charge in [-0.3, -0.25) is 0 Å². The molecule has 4 aromatic carbocycles. The summed E-state index contributed by atoms with van der Waals surface area (Å²) in [5.74, 6) is -1.08. The van der Waals surface area contributed by atoms with Crippen molar-refractivity contribution in [1.29, 1.82) is 0 Å². The topological polar surface area (TPSA) is 76.7 Å². The van der Waals surface area contributed by atoms with Crippen LogP contribution < -0.4 is 30.6 Å². The maximum absolute atomic E-state index is 13.9.